The minimum absolute atomic E-state index is 1.76. The Kier molecular flexibility index (Phi) is 4.22. The number of halogens is 12. The number of alkyl halides is 12. The van der Waals surface area contributed by atoms with Crippen LogP contribution in [0.4, 0.5) is 52.7 Å². The van der Waals surface area contributed by atoms with Crippen molar-refractivity contribution in [3.8, 4) is 0 Å². The molecule has 0 N–H and O–H groups in total. The van der Waals surface area contributed by atoms with Crippen LogP contribution >= 0.6 is 0 Å². The number of rotatable bonds is 3. The molecule has 0 radical (unpaired) electrons. The predicted octanol–water partition coefficient (Wildman–Crippen LogP) is 4.57. The fraction of sp³-hybridized carbons (Fsp3) is 0.714. The number of hydrogen-bond donors (Lipinski definition) is 0. The Morgan fingerprint density at radius 1 is 0.421 bits per heavy atom. The second-order valence-corrected chi connectivity index (χ2v) is 3.15. The van der Waals surface area contributed by atoms with E-state index in [1.54, 1.807) is 0 Å². The number of allylic oxidation sites excluding steroid dienone is 2. The molecule has 12 heteroatoms. The summed E-state index contributed by atoms with van der Waals surface area (Å²) in [5.74, 6) is -19.0. The second kappa shape index (κ2) is 4.47. The molecule has 0 aliphatic heterocycles. The van der Waals surface area contributed by atoms with E-state index in [4.69, 9.17) is 0 Å². The van der Waals surface area contributed by atoms with Gasteiger partial charge in [0.05, 0.1) is 0 Å². The summed E-state index contributed by atoms with van der Waals surface area (Å²) in [6.07, 6.45) is -16.8. The van der Waals surface area contributed by atoms with Crippen LogP contribution in [0.5, 0.6) is 0 Å². The minimum atomic E-state index is -6.83. The molecule has 0 bridgehead atoms. The van der Waals surface area contributed by atoms with E-state index in [-0.39, 0.29) is 0 Å². The summed E-state index contributed by atoms with van der Waals surface area (Å²) in [7, 11) is 0. The van der Waals surface area contributed by atoms with Gasteiger partial charge in [-0.05, 0) is 12.2 Å². The van der Waals surface area contributed by atoms with E-state index in [2.05, 4.69) is 0 Å². The summed E-state index contributed by atoms with van der Waals surface area (Å²) >= 11 is 0. The lowest BCUT2D eigenvalue weighted by Crippen LogP contribution is -2.51. The van der Waals surface area contributed by atoms with Crippen molar-refractivity contribution >= 4 is 0 Å². The molecule has 0 heterocycles. The summed E-state index contributed by atoms with van der Waals surface area (Å²) in [5.41, 5.74) is 0. The first kappa shape index (κ1) is 17.9. The summed E-state index contributed by atoms with van der Waals surface area (Å²) in [4.78, 5) is 0. The molecule has 0 aliphatic rings. The quantitative estimate of drug-likeness (QED) is 0.529. The Bertz CT molecular complexity index is 342. The highest BCUT2D eigenvalue weighted by molar-refractivity contribution is 5.10. The van der Waals surface area contributed by atoms with E-state index in [0.717, 1.165) is 0 Å². The highest BCUT2D eigenvalue weighted by Crippen LogP contribution is 2.48. The van der Waals surface area contributed by atoms with Gasteiger partial charge in [0, 0.05) is 0 Å². The molecule has 0 aromatic carbocycles. The fourth-order valence-corrected chi connectivity index (χ4v) is 0.597. The van der Waals surface area contributed by atoms with E-state index >= 15 is 0 Å². The molecule has 19 heavy (non-hydrogen) atoms. The van der Waals surface area contributed by atoms with Crippen LogP contribution in [0, 0.1) is 0 Å². The molecule has 0 amide bonds. The Balaban J connectivity index is 5.40. The zero-order chi connectivity index (χ0) is 15.9. The monoisotopic (exact) mass is 314 g/mol. The van der Waals surface area contributed by atoms with Crippen LogP contribution in [-0.2, 0) is 0 Å². The molecule has 0 unspecified atom stereocenters. The summed E-state index contributed by atoms with van der Waals surface area (Å²) in [6.45, 7) is 0. The fourth-order valence-electron chi connectivity index (χ4n) is 0.597. The molecule has 0 nitrogen and oxygen atoms in total. The normalized spacial score (nSPS) is 16.2. The van der Waals surface area contributed by atoms with E-state index in [9.17, 15) is 52.7 Å². The first-order valence-corrected chi connectivity index (χ1v) is 3.93. The van der Waals surface area contributed by atoms with Crippen LogP contribution in [-0.4, -0.2) is 30.1 Å². The van der Waals surface area contributed by atoms with Crippen LogP contribution < -0.4 is 0 Å². The van der Waals surface area contributed by atoms with Gasteiger partial charge >= 0.3 is 30.1 Å². The van der Waals surface area contributed by atoms with Gasteiger partial charge in [0.1, 0.15) is 0 Å². The largest absolute Gasteiger partial charge is 0.460 e. The Morgan fingerprint density at radius 2 is 0.737 bits per heavy atom. The van der Waals surface area contributed by atoms with Crippen molar-refractivity contribution in [1.82, 2.24) is 0 Å². The third kappa shape index (κ3) is 3.47. The molecule has 0 aromatic heterocycles. The second-order valence-electron chi connectivity index (χ2n) is 3.15. The zero-order valence-corrected chi connectivity index (χ0v) is 8.19. The molecular formula is C7H2F12. The van der Waals surface area contributed by atoms with E-state index in [1.165, 1.54) is 0 Å². The van der Waals surface area contributed by atoms with Crippen LogP contribution in [0.1, 0.15) is 0 Å². The molecule has 0 rings (SSSR count). The van der Waals surface area contributed by atoms with Gasteiger partial charge in [-0.15, -0.1) is 0 Å². The summed E-state index contributed by atoms with van der Waals surface area (Å²) in [5, 5.41) is 0. The van der Waals surface area contributed by atoms with Crippen molar-refractivity contribution in [2.45, 2.75) is 30.1 Å². The Morgan fingerprint density at radius 3 is 1.00 bits per heavy atom. The van der Waals surface area contributed by atoms with E-state index < -0.39 is 42.3 Å². The van der Waals surface area contributed by atoms with Gasteiger partial charge in [0.25, 0.3) is 0 Å². The van der Waals surface area contributed by atoms with Gasteiger partial charge in [-0.2, -0.15) is 52.7 Å². The first-order chi connectivity index (χ1) is 7.96. The van der Waals surface area contributed by atoms with Gasteiger partial charge in [0.2, 0.25) is 0 Å². The molecule has 0 aromatic rings. The van der Waals surface area contributed by atoms with Gasteiger partial charge in [-0.3, -0.25) is 0 Å². The van der Waals surface area contributed by atoms with Gasteiger partial charge in [0.15, 0.2) is 0 Å². The highest BCUT2D eigenvalue weighted by atomic mass is 19.4. The lowest BCUT2D eigenvalue weighted by atomic mass is 10.1. The maximum Gasteiger partial charge on any atom is 0.460 e. The Hall–Kier alpha value is -1.10. The maximum absolute atomic E-state index is 12.4. The van der Waals surface area contributed by atoms with Crippen LogP contribution in [0.25, 0.3) is 0 Å². The lowest BCUT2D eigenvalue weighted by Gasteiger charge is -2.26. The highest BCUT2D eigenvalue weighted by Gasteiger charge is 2.72. The maximum atomic E-state index is 12.4. The molecule has 0 fully saturated rings. The van der Waals surface area contributed by atoms with Crippen molar-refractivity contribution < 1.29 is 52.7 Å². The standard InChI is InChI=1S/C7H2F12/c8-3(9,5(12,13)7(17,18)19)1-2-4(10,11)6(14,15)16/h1-2H/b2-1+. The van der Waals surface area contributed by atoms with Crippen molar-refractivity contribution in [3.63, 3.8) is 0 Å². The predicted molar refractivity (Wildman–Crippen MR) is 36.1 cm³/mol. The first-order valence-electron chi connectivity index (χ1n) is 3.93. The number of hydrogen-bond acceptors (Lipinski definition) is 0. The topological polar surface area (TPSA) is 0 Å². The van der Waals surface area contributed by atoms with Crippen molar-refractivity contribution in [2.24, 2.45) is 0 Å². The molecule has 0 saturated heterocycles. The minimum Gasteiger partial charge on any atom is -0.195 e. The molecule has 0 saturated carbocycles. The molecule has 0 spiro atoms. The van der Waals surface area contributed by atoms with Crippen molar-refractivity contribution in [3.05, 3.63) is 12.2 Å². The van der Waals surface area contributed by atoms with Gasteiger partial charge in [-0.1, -0.05) is 0 Å². The molecule has 0 atom stereocenters. The third-order valence-corrected chi connectivity index (χ3v) is 1.65. The van der Waals surface area contributed by atoms with E-state index in [1.807, 2.05) is 0 Å². The third-order valence-electron chi connectivity index (χ3n) is 1.65. The van der Waals surface area contributed by atoms with Crippen LogP contribution in [0.3, 0.4) is 0 Å². The average Bonchev–Trinajstić information content (AvgIpc) is 2.11. The smallest absolute Gasteiger partial charge is 0.195 e. The molecule has 114 valence electrons. The molecule has 0 aliphatic carbocycles. The van der Waals surface area contributed by atoms with E-state index in [0.29, 0.717) is 0 Å². The molecular weight excluding hydrogens is 312 g/mol. The Labute approximate surface area is 96.2 Å². The zero-order valence-electron chi connectivity index (χ0n) is 8.19. The summed E-state index contributed by atoms with van der Waals surface area (Å²) < 4.78 is 142. The van der Waals surface area contributed by atoms with Crippen molar-refractivity contribution in [2.75, 3.05) is 0 Å². The van der Waals surface area contributed by atoms with Crippen molar-refractivity contribution in [1.29, 1.82) is 0 Å². The van der Waals surface area contributed by atoms with Gasteiger partial charge in [-0.25, -0.2) is 0 Å². The summed E-state index contributed by atoms with van der Waals surface area (Å²) in [6, 6.07) is 0. The lowest BCUT2D eigenvalue weighted by molar-refractivity contribution is -0.342. The average molecular weight is 314 g/mol. The van der Waals surface area contributed by atoms with Crippen LogP contribution in [0.15, 0.2) is 12.2 Å². The van der Waals surface area contributed by atoms with Crippen LogP contribution in [0.2, 0.25) is 0 Å². The SMILES string of the molecule is FC(F)(F)C(F)(F)/C=C/C(F)(F)C(F)(F)C(F)(F)F. The van der Waals surface area contributed by atoms with Gasteiger partial charge < -0.3 is 0 Å².